The Morgan fingerprint density at radius 3 is 2.24 bits per heavy atom. The van der Waals surface area contributed by atoms with Crippen molar-refractivity contribution in [3.8, 4) is 10.4 Å². The van der Waals surface area contributed by atoms with Crippen LogP contribution in [0, 0.1) is 11.6 Å². The molecular formula is C23H20F4O5S. The molecule has 1 aromatic heterocycles. The number of aliphatic hydroxyl groups excluding tert-OH is 4. The summed E-state index contributed by atoms with van der Waals surface area (Å²) in [7, 11) is 0. The van der Waals surface area contributed by atoms with E-state index in [0.29, 0.717) is 10.4 Å². The summed E-state index contributed by atoms with van der Waals surface area (Å²) in [5.41, 5.74) is -0.498. The lowest BCUT2D eigenvalue weighted by atomic mass is 9.90. The molecule has 5 atom stereocenters. The van der Waals surface area contributed by atoms with Crippen molar-refractivity contribution in [1.82, 2.24) is 0 Å². The highest BCUT2D eigenvalue weighted by molar-refractivity contribution is 7.15. The van der Waals surface area contributed by atoms with Crippen LogP contribution in [0.5, 0.6) is 0 Å². The van der Waals surface area contributed by atoms with Crippen LogP contribution < -0.4 is 0 Å². The maximum absolute atomic E-state index is 15.3. The zero-order chi connectivity index (χ0) is 23.9. The Hall–Kier alpha value is -2.34. The SMILES string of the molecule is OC[C@H]1O[C@@H](c2ccc(F)c(C(F)(F)c3ccc(-c4ccc(F)cc4)s3)c2)[C@H](O)[C@@H](O)[C@@H]1O. The minimum atomic E-state index is -3.75. The Balaban J connectivity index is 1.68. The molecular weight excluding hydrogens is 464 g/mol. The van der Waals surface area contributed by atoms with Gasteiger partial charge in [0.2, 0.25) is 0 Å². The van der Waals surface area contributed by atoms with Crippen LogP contribution in [0.25, 0.3) is 10.4 Å². The first-order valence-corrected chi connectivity index (χ1v) is 10.8. The van der Waals surface area contributed by atoms with Crippen molar-refractivity contribution in [3.05, 3.63) is 82.2 Å². The molecule has 2 heterocycles. The van der Waals surface area contributed by atoms with Gasteiger partial charge in [0.25, 0.3) is 0 Å². The van der Waals surface area contributed by atoms with Crippen LogP contribution in [0.3, 0.4) is 0 Å². The quantitative estimate of drug-likeness (QED) is 0.417. The number of ether oxygens (including phenoxy) is 1. The van der Waals surface area contributed by atoms with Gasteiger partial charge in [0.15, 0.2) is 0 Å². The van der Waals surface area contributed by atoms with Crippen LogP contribution in [-0.2, 0) is 10.7 Å². The van der Waals surface area contributed by atoms with Crippen molar-refractivity contribution >= 4 is 11.3 Å². The Kier molecular flexibility index (Phi) is 6.59. The average Bonchev–Trinajstić information content (AvgIpc) is 3.30. The van der Waals surface area contributed by atoms with Crippen molar-refractivity contribution in [2.75, 3.05) is 6.61 Å². The fourth-order valence-electron chi connectivity index (χ4n) is 3.75. The Bertz CT molecular complexity index is 1120. The van der Waals surface area contributed by atoms with Crippen molar-refractivity contribution in [2.24, 2.45) is 0 Å². The van der Waals surface area contributed by atoms with E-state index in [1.165, 1.54) is 30.3 Å². The summed E-state index contributed by atoms with van der Waals surface area (Å²) >= 11 is 0.723. The number of alkyl halides is 2. The third-order valence-electron chi connectivity index (χ3n) is 5.59. The highest BCUT2D eigenvalue weighted by Gasteiger charge is 2.45. The Morgan fingerprint density at radius 1 is 0.879 bits per heavy atom. The van der Waals surface area contributed by atoms with Gasteiger partial charge in [-0.25, -0.2) is 8.78 Å². The van der Waals surface area contributed by atoms with Crippen LogP contribution in [-0.4, -0.2) is 51.4 Å². The second kappa shape index (κ2) is 9.13. The van der Waals surface area contributed by atoms with Gasteiger partial charge in [0.1, 0.15) is 42.2 Å². The van der Waals surface area contributed by atoms with Crippen LogP contribution in [0.2, 0.25) is 0 Å². The molecule has 176 valence electrons. The Morgan fingerprint density at radius 2 is 1.58 bits per heavy atom. The molecule has 1 aliphatic heterocycles. The van der Waals surface area contributed by atoms with E-state index in [2.05, 4.69) is 0 Å². The largest absolute Gasteiger partial charge is 0.394 e. The lowest BCUT2D eigenvalue weighted by molar-refractivity contribution is -0.231. The van der Waals surface area contributed by atoms with Crippen molar-refractivity contribution in [2.45, 2.75) is 36.4 Å². The van der Waals surface area contributed by atoms with E-state index in [9.17, 15) is 29.2 Å². The molecule has 1 aliphatic rings. The monoisotopic (exact) mass is 484 g/mol. The predicted octanol–water partition coefficient (Wildman–Crippen LogP) is 3.35. The lowest BCUT2D eigenvalue weighted by Crippen LogP contribution is -2.55. The van der Waals surface area contributed by atoms with E-state index in [1.807, 2.05) is 0 Å². The zero-order valence-corrected chi connectivity index (χ0v) is 17.7. The molecule has 0 saturated carbocycles. The van der Waals surface area contributed by atoms with Gasteiger partial charge in [0.05, 0.1) is 17.0 Å². The minimum Gasteiger partial charge on any atom is -0.394 e. The molecule has 0 bridgehead atoms. The lowest BCUT2D eigenvalue weighted by Gasteiger charge is -2.40. The van der Waals surface area contributed by atoms with Crippen LogP contribution in [0.15, 0.2) is 54.6 Å². The van der Waals surface area contributed by atoms with E-state index in [1.54, 1.807) is 0 Å². The number of hydrogen-bond donors (Lipinski definition) is 4. The molecule has 1 fully saturated rings. The highest BCUT2D eigenvalue weighted by atomic mass is 32.1. The summed E-state index contributed by atoms with van der Waals surface area (Å²) in [6.45, 7) is -0.687. The summed E-state index contributed by atoms with van der Waals surface area (Å²) in [5, 5.41) is 39.5. The summed E-state index contributed by atoms with van der Waals surface area (Å²) in [5.74, 6) is -5.41. The third kappa shape index (κ3) is 4.42. The molecule has 3 aromatic rings. The van der Waals surface area contributed by atoms with Gasteiger partial charge in [-0.15, -0.1) is 11.3 Å². The van der Waals surface area contributed by atoms with Crippen LogP contribution in [0.1, 0.15) is 22.1 Å². The Labute approximate surface area is 190 Å². The summed E-state index contributed by atoms with van der Waals surface area (Å²) in [6.07, 6.45) is -7.63. The van der Waals surface area contributed by atoms with Crippen LogP contribution >= 0.6 is 11.3 Å². The molecule has 0 unspecified atom stereocenters. The number of hydrogen-bond acceptors (Lipinski definition) is 6. The summed E-state index contributed by atoms with van der Waals surface area (Å²) < 4.78 is 63.8. The van der Waals surface area contributed by atoms with E-state index in [-0.39, 0.29) is 5.56 Å². The van der Waals surface area contributed by atoms with Crippen molar-refractivity contribution in [1.29, 1.82) is 0 Å². The minimum absolute atomic E-state index is 0.0571. The number of benzene rings is 2. The molecule has 0 spiro atoms. The van der Waals surface area contributed by atoms with Crippen molar-refractivity contribution in [3.63, 3.8) is 0 Å². The second-order valence-corrected chi connectivity index (χ2v) is 8.82. The number of aliphatic hydroxyl groups is 4. The van der Waals surface area contributed by atoms with E-state index < -0.39 is 65.1 Å². The summed E-state index contributed by atoms with van der Waals surface area (Å²) in [4.78, 5) is -0.0122. The van der Waals surface area contributed by atoms with Crippen molar-refractivity contribution < 1.29 is 42.7 Å². The van der Waals surface area contributed by atoms with Gasteiger partial charge < -0.3 is 25.2 Å². The van der Waals surface area contributed by atoms with Gasteiger partial charge in [-0.05, 0) is 47.5 Å². The molecule has 0 aliphatic carbocycles. The first kappa shape index (κ1) is 23.8. The standard InChI is InChI=1S/C23H20F4O5S/c24-13-4-1-11(2-5-13)17-7-8-18(33-17)23(26,27)14-9-12(3-6-15(14)25)22-21(31)20(30)19(29)16(10-28)32-22/h1-9,16,19-22,28-31H,10H2/t16-,19-,20+,21-,22+/m1/s1. The van der Waals surface area contributed by atoms with Gasteiger partial charge >= 0.3 is 5.92 Å². The molecule has 2 aromatic carbocycles. The number of halogens is 4. The molecule has 33 heavy (non-hydrogen) atoms. The van der Waals surface area contributed by atoms with Gasteiger partial charge in [-0.1, -0.05) is 18.2 Å². The highest BCUT2D eigenvalue weighted by Crippen LogP contribution is 2.44. The number of rotatable bonds is 5. The molecule has 1 saturated heterocycles. The van der Waals surface area contributed by atoms with Gasteiger partial charge in [0, 0.05) is 4.88 Å². The fraction of sp³-hybridized carbons (Fsp3) is 0.304. The molecule has 5 nitrogen and oxygen atoms in total. The van der Waals surface area contributed by atoms with Gasteiger partial charge in [-0.3, -0.25) is 0 Å². The summed E-state index contributed by atoms with van der Waals surface area (Å²) in [6, 6.07) is 10.7. The third-order valence-corrected chi connectivity index (χ3v) is 6.80. The second-order valence-electron chi connectivity index (χ2n) is 7.73. The first-order chi connectivity index (χ1) is 15.6. The molecule has 10 heteroatoms. The maximum atomic E-state index is 15.3. The normalized spacial score (nSPS) is 25.9. The maximum Gasteiger partial charge on any atom is 0.310 e. The van der Waals surface area contributed by atoms with E-state index in [4.69, 9.17) is 4.74 Å². The fourth-order valence-corrected chi connectivity index (χ4v) is 4.75. The molecule has 0 radical (unpaired) electrons. The zero-order valence-electron chi connectivity index (χ0n) is 16.9. The first-order valence-electron chi connectivity index (χ1n) is 9.98. The van der Waals surface area contributed by atoms with E-state index >= 15 is 8.78 Å². The molecule has 4 N–H and O–H groups in total. The van der Waals surface area contributed by atoms with Gasteiger partial charge in [-0.2, -0.15) is 8.78 Å². The van der Waals surface area contributed by atoms with E-state index in [0.717, 1.165) is 35.6 Å². The number of thiophene rings is 1. The predicted molar refractivity (Wildman–Crippen MR) is 112 cm³/mol. The van der Waals surface area contributed by atoms with Crippen LogP contribution in [0.4, 0.5) is 17.6 Å². The average molecular weight is 484 g/mol. The molecule has 0 amide bonds. The molecule has 4 rings (SSSR count). The smallest absolute Gasteiger partial charge is 0.310 e. The topological polar surface area (TPSA) is 90.2 Å².